The van der Waals surface area contributed by atoms with Crippen molar-refractivity contribution in [2.24, 2.45) is 0 Å². The molecule has 1 N–H and O–H groups in total. The highest BCUT2D eigenvalue weighted by atomic mass is 32.2. The number of para-hydroxylation sites is 1. The minimum absolute atomic E-state index is 0.197. The molecule has 21 heavy (non-hydrogen) atoms. The number of nitrogens with one attached hydrogen (secondary N) is 1. The summed E-state index contributed by atoms with van der Waals surface area (Å²) in [7, 11) is -1.99. The fourth-order valence-electron chi connectivity index (χ4n) is 1.70. The van der Waals surface area contributed by atoms with Crippen LogP contribution >= 0.6 is 0 Å². The third kappa shape index (κ3) is 4.47. The molecule has 0 bridgehead atoms. The molecule has 0 aliphatic carbocycles. The summed E-state index contributed by atoms with van der Waals surface area (Å²) >= 11 is 0. The van der Waals surface area contributed by atoms with E-state index in [1.54, 1.807) is 12.1 Å². The smallest absolute Gasteiger partial charge is 0.240 e. The first-order chi connectivity index (χ1) is 10.1. The molecular weight excluding hydrogens is 290 g/mol. The van der Waals surface area contributed by atoms with Gasteiger partial charge in [-0.05, 0) is 36.4 Å². The van der Waals surface area contributed by atoms with Crippen LogP contribution in [-0.4, -0.2) is 28.7 Å². The van der Waals surface area contributed by atoms with E-state index in [1.165, 1.54) is 19.2 Å². The van der Waals surface area contributed by atoms with Crippen LogP contribution in [0.5, 0.6) is 11.5 Å². The van der Waals surface area contributed by atoms with Crippen molar-refractivity contribution in [2.75, 3.05) is 20.3 Å². The molecule has 0 amide bonds. The molecule has 0 unspecified atom stereocenters. The molecule has 6 heteroatoms. The van der Waals surface area contributed by atoms with E-state index >= 15 is 0 Å². The van der Waals surface area contributed by atoms with Gasteiger partial charge in [0.1, 0.15) is 18.1 Å². The van der Waals surface area contributed by atoms with Crippen LogP contribution in [0.25, 0.3) is 0 Å². The maximum Gasteiger partial charge on any atom is 0.240 e. The van der Waals surface area contributed by atoms with E-state index < -0.39 is 10.0 Å². The van der Waals surface area contributed by atoms with Gasteiger partial charge < -0.3 is 9.47 Å². The Morgan fingerprint density at radius 2 is 1.62 bits per heavy atom. The van der Waals surface area contributed by atoms with Crippen molar-refractivity contribution in [3.05, 3.63) is 54.6 Å². The van der Waals surface area contributed by atoms with E-state index in [-0.39, 0.29) is 18.0 Å². The molecule has 5 nitrogen and oxygen atoms in total. The first kappa shape index (κ1) is 15.3. The zero-order valence-corrected chi connectivity index (χ0v) is 12.5. The first-order valence-corrected chi connectivity index (χ1v) is 7.92. The molecule has 0 atom stereocenters. The molecule has 0 saturated carbocycles. The first-order valence-electron chi connectivity index (χ1n) is 6.43. The van der Waals surface area contributed by atoms with Crippen LogP contribution < -0.4 is 14.2 Å². The standard InChI is InChI=1S/C15H17NO4S/c1-19-13-7-9-15(10-8-13)21(17,18)16-11-12-20-14-5-3-2-4-6-14/h2-10,16H,11-12H2,1H3. The predicted octanol–water partition coefficient (Wildman–Crippen LogP) is 2.05. The zero-order valence-electron chi connectivity index (χ0n) is 11.7. The second-order valence-corrected chi connectivity index (χ2v) is 6.00. The molecule has 112 valence electrons. The molecule has 2 aromatic rings. The van der Waals surface area contributed by atoms with E-state index in [9.17, 15) is 8.42 Å². The molecule has 0 spiro atoms. The molecule has 0 saturated heterocycles. The maximum atomic E-state index is 12.0. The molecule has 2 aromatic carbocycles. The average molecular weight is 307 g/mol. The van der Waals surface area contributed by atoms with Crippen molar-refractivity contribution in [2.45, 2.75) is 4.90 Å². The Morgan fingerprint density at radius 1 is 0.952 bits per heavy atom. The Labute approximate surface area is 124 Å². The van der Waals surface area contributed by atoms with Crippen LogP contribution in [0, 0.1) is 0 Å². The van der Waals surface area contributed by atoms with Gasteiger partial charge in [-0.1, -0.05) is 18.2 Å². The topological polar surface area (TPSA) is 64.6 Å². The Morgan fingerprint density at radius 3 is 2.24 bits per heavy atom. The van der Waals surface area contributed by atoms with Gasteiger partial charge in [0, 0.05) is 6.54 Å². The quantitative estimate of drug-likeness (QED) is 0.795. The number of rotatable bonds is 7. The molecule has 0 radical (unpaired) electrons. The Bertz CT molecular complexity index is 654. The third-order valence-corrected chi connectivity index (χ3v) is 4.25. The summed E-state index contributed by atoms with van der Waals surface area (Å²) in [4.78, 5) is 0.197. The van der Waals surface area contributed by atoms with Gasteiger partial charge in [-0.15, -0.1) is 0 Å². The van der Waals surface area contributed by atoms with Crippen molar-refractivity contribution < 1.29 is 17.9 Å². The van der Waals surface area contributed by atoms with E-state index in [2.05, 4.69) is 4.72 Å². The highest BCUT2D eigenvalue weighted by Gasteiger charge is 2.13. The lowest BCUT2D eigenvalue weighted by atomic mass is 10.3. The lowest BCUT2D eigenvalue weighted by Gasteiger charge is -2.09. The summed E-state index contributed by atoms with van der Waals surface area (Å²) < 4.78 is 37.0. The van der Waals surface area contributed by atoms with Crippen molar-refractivity contribution >= 4 is 10.0 Å². The fourth-order valence-corrected chi connectivity index (χ4v) is 2.71. The van der Waals surface area contributed by atoms with Gasteiger partial charge in [0.15, 0.2) is 0 Å². The second-order valence-electron chi connectivity index (χ2n) is 4.23. The molecule has 0 aliphatic heterocycles. The third-order valence-electron chi connectivity index (χ3n) is 2.78. The van der Waals surface area contributed by atoms with E-state index in [4.69, 9.17) is 9.47 Å². The fraction of sp³-hybridized carbons (Fsp3) is 0.200. The number of benzene rings is 2. The SMILES string of the molecule is COc1ccc(S(=O)(=O)NCCOc2ccccc2)cc1. The van der Waals surface area contributed by atoms with Gasteiger partial charge in [0.05, 0.1) is 12.0 Å². The van der Waals surface area contributed by atoms with Crippen molar-refractivity contribution in [1.29, 1.82) is 0 Å². The summed E-state index contributed by atoms with van der Waals surface area (Å²) in [5.74, 6) is 1.32. The van der Waals surface area contributed by atoms with Crippen LogP contribution in [0.15, 0.2) is 59.5 Å². The highest BCUT2D eigenvalue weighted by Crippen LogP contribution is 2.15. The molecule has 2 rings (SSSR count). The summed E-state index contributed by atoms with van der Waals surface area (Å²) in [5.41, 5.74) is 0. The molecule has 0 aliphatic rings. The molecule has 0 fully saturated rings. The van der Waals surface area contributed by atoms with Crippen molar-refractivity contribution in [3.63, 3.8) is 0 Å². The normalized spacial score (nSPS) is 11.1. The van der Waals surface area contributed by atoms with Gasteiger partial charge in [-0.2, -0.15) is 0 Å². The monoisotopic (exact) mass is 307 g/mol. The van der Waals surface area contributed by atoms with Gasteiger partial charge in [0.2, 0.25) is 10.0 Å². The Hall–Kier alpha value is -2.05. The minimum Gasteiger partial charge on any atom is -0.497 e. The largest absolute Gasteiger partial charge is 0.497 e. The molecule has 0 heterocycles. The zero-order chi connectivity index (χ0) is 15.1. The van der Waals surface area contributed by atoms with E-state index in [1.807, 2.05) is 30.3 Å². The lowest BCUT2D eigenvalue weighted by Crippen LogP contribution is -2.28. The summed E-state index contributed by atoms with van der Waals surface area (Å²) in [6.07, 6.45) is 0. The van der Waals surface area contributed by atoms with Crippen molar-refractivity contribution in [3.8, 4) is 11.5 Å². The van der Waals surface area contributed by atoms with Crippen LogP contribution in [0.4, 0.5) is 0 Å². The highest BCUT2D eigenvalue weighted by molar-refractivity contribution is 7.89. The number of hydrogen-bond donors (Lipinski definition) is 1. The molecular formula is C15H17NO4S. The average Bonchev–Trinajstić information content (AvgIpc) is 2.53. The Balaban J connectivity index is 1.86. The minimum atomic E-state index is -3.53. The summed E-state index contributed by atoms with van der Waals surface area (Å²) in [6, 6.07) is 15.4. The summed E-state index contributed by atoms with van der Waals surface area (Å²) in [6.45, 7) is 0.461. The van der Waals surface area contributed by atoms with E-state index in [0.29, 0.717) is 11.5 Å². The number of hydrogen-bond acceptors (Lipinski definition) is 4. The number of sulfonamides is 1. The van der Waals surface area contributed by atoms with E-state index in [0.717, 1.165) is 0 Å². The summed E-state index contributed by atoms with van der Waals surface area (Å²) in [5, 5.41) is 0. The Kier molecular flexibility index (Phi) is 5.19. The van der Waals surface area contributed by atoms with Gasteiger partial charge in [-0.3, -0.25) is 0 Å². The predicted molar refractivity (Wildman–Crippen MR) is 80.1 cm³/mol. The lowest BCUT2D eigenvalue weighted by molar-refractivity contribution is 0.323. The van der Waals surface area contributed by atoms with Crippen LogP contribution in [0.2, 0.25) is 0 Å². The molecule has 0 aromatic heterocycles. The van der Waals surface area contributed by atoms with Crippen LogP contribution in [-0.2, 0) is 10.0 Å². The maximum absolute atomic E-state index is 12.0. The number of ether oxygens (including phenoxy) is 2. The second kappa shape index (κ2) is 7.10. The number of methoxy groups -OCH3 is 1. The van der Waals surface area contributed by atoms with Crippen LogP contribution in [0.3, 0.4) is 0 Å². The van der Waals surface area contributed by atoms with Gasteiger partial charge in [0.25, 0.3) is 0 Å². The van der Waals surface area contributed by atoms with Crippen molar-refractivity contribution in [1.82, 2.24) is 4.72 Å². The van der Waals surface area contributed by atoms with Gasteiger partial charge in [-0.25, -0.2) is 13.1 Å². The van der Waals surface area contributed by atoms with Gasteiger partial charge >= 0.3 is 0 Å². The van der Waals surface area contributed by atoms with Crippen LogP contribution in [0.1, 0.15) is 0 Å².